The number of nitrogens with two attached hydrogens (primary N) is 1. The summed E-state index contributed by atoms with van der Waals surface area (Å²) in [7, 11) is -3.91. The fourth-order valence-electron chi connectivity index (χ4n) is 2.17. The second kappa shape index (κ2) is 5.45. The number of primary sulfonamides is 1. The summed E-state index contributed by atoms with van der Waals surface area (Å²) in [6.45, 7) is 1.36. The molecule has 1 aromatic carbocycles. The lowest BCUT2D eigenvalue weighted by molar-refractivity contribution is -0.114. The number of benzene rings is 1. The van der Waals surface area contributed by atoms with Crippen LogP contribution in [0.1, 0.15) is 30.7 Å². The number of carbonyl (C=O) groups excluding carboxylic acids is 1. The lowest BCUT2D eigenvalue weighted by Gasteiger charge is -2.09. The van der Waals surface area contributed by atoms with Gasteiger partial charge in [-0.2, -0.15) is 0 Å². The van der Waals surface area contributed by atoms with E-state index in [0.717, 1.165) is 22.7 Å². The van der Waals surface area contributed by atoms with Crippen LogP contribution in [0.25, 0.3) is 10.4 Å². The molecule has 1 heterocycles. The topological polar surface area (TPSA) is 102 Å². The molecule has 1 saturated carbocycles. The highest BCUT2D eigenvalue weighted by Gasteiger charge is 2.27. The molecule has 0 radical (unpaired) electrons. The number of hydrogen-bond donors (Lipinski definition) is 2. The molecule has 0 unspecified atom stereocenters. The first-order valence-corrected chi connectivity index (χ1v) is 9.11. The number of rotatable bonds is 4. The molecule has 0 spiro atoms. The number of amides is 1. The lowest BCUT2D eigenvalue weighted by Crippen LogP contribution is -2.14. The van der Waals surface area contributed by atoms with Crippen molar-refractivity contribution in [1.82, 2.24) is 4.98 Å². The Balaban J connectivity index is 2.06. The second-order valence-corrected chi connectivity index (χ2v) is 7.87. The molecule has 1 aromatic heterocycles. The van der Waals surface area contributed by atoms with Gasteiger partial charge < -0.3 is 5.32 Å². The first kappa shape index (κ1) is 15.1. The van der Waals surface area contributed by atoms with E-state index in [1.165, 1.54) is 24.3 Å². The molecular formula is C14H15N3O3S2. The predicted octanol–water partition coefficient (Wildman–Crippen LogP) is 2.29. The van der Waals surface area contributed by atoms with Crippen LogP contribution in [0.3, 0.4) is 0 Å². The lowest BCUT2D eigenvalue weighted by atomic mass is 10.2. The first-order chi connectivity index (χ1) is 10.3. The normalized spacial score (nSPS) is 14.8. The molecule has 22 heavy (non-hydrogen) atoms. The minimum atomic E-state index is -3.91. The van der Waals surface area contributed by atoms with E-state index in [1.54, 1.807) is 18.3 Å². The summed E-state index contributed by atoms with van der Waals surface area (Å²) in [6, 6.07) is 4.68. The zero-order chi connectivity index (χ0) is 15.9. The molecular weight excluding hydrogens is 322 g/mol. The van der Waals surface area contributed by atoms with Crippen LogP contribution in [0.5, 0.6) is 0 Å². The molecule has 1 aliphatic rings. The van der Waals surface area contributed by atoms with E-state index >= 15 is 0 Å². The molecule has 0 saturated heterocycles. The Morgan fingerprint density at radius 1 is 1.41 bits per heavy atom. The van der Waals surface area contributed by atoms with Crippen LogP contribution < -0.4 is 10.5 Å². The summed E-state index contributed by atoms with van der Waals surface area (Å²) in [5, 5.41) is 8.90. The summed E-state index contributed by atoms with van der Waals surface area (Å²) < 4.78 is 23.7. The van der Waals surface area contributed by atoms with Crippen molar-refractivity contribution in [3.05, 3.63) is 29.4 Å². The van der Waals surface area contributed by atoms with Crippen LogP contribution >= 0.6 is 11.3 Å². The average Bonchev–Trinajstić information content (AvgIpc) is 3.15. The molecule has 8 heteroatoms. The minimum absolute atomic E-state index is 0.00949. The van der Waals surface area contributed by atoms with E-state index in [9.17, 15) is 13.2 Å². The maximum atomic E-state index is 11.9. The van der Waals surface area contributed by atoms with Crippen molar-refractivity contribution in [2.75, 3.05) is 5.32 Å². The van der Waals surface area contributed by atoms with E-state index in [-0.39, 0.29) is 10.8 Å². The third-order valence-corrected chi connectivity index (χ3v) is 5.47. The zero-order valence-electron chi connectivity index (χ0n) is 11.9. The van der Waals surface area contributed by atoms with Gasteiger partial charge in [0.15, 0.2) is 0 Å². The third kappa shape index (κ3) is 3.18. The smallest absolute Gasteiger partial charge is 0.238 e. The van der Waals surface area contributed by atoms with Gasteiger partial charge in [-0.15, -0.1) is 11.3 Å². The van der Waals surface area contributed by atoms with Crippen molar-refractivity contribution in [3.63, 3.8) is 0 Å². The standard InChI is InChI=1S/C14H15N3O3S2/c1-8(18)17-10-4-5-11(13(6-10)22(15,19)20)12-7-16-14(21-12)9-2-3-9/h4-7,9H,2-3H2,1H3,(H,17,18)(H2,15,19,20). The van der Waals surface area contributed by atoms with Gasteiger partial charge in [-0.1, -0.05) is 6.07 Å². The fraction of sp³-hybridized carbons (Fsp3) is 0.286. The van der Waals surface area contributed by atoms with Crippen molar-refractivity contribution < 1.29 is 13.2 Å². The molecule has 2 aromatic rings. The Bertz CT molecular complexity index is 839. The average molecular weight is 337 g/mol. The maximum Gasteiger partial charge on any atom is 0.238 e. The summed E-state index contributed by atoms with van der Waals surface area (Å²) in [4.78, 5) is 16.2. The number of anilines is 1. The van der Waals surface area contributed by atoms with E-state index < -0.39 is 10.0 Å². The molecule has 0 aliphatic heterocycles. The highest BCUT2D eigenvalue weighted by Crippen LogP contribution is 2.44. The van der Waals surface area contributed by atoms with Crippen molar-refractivity contribution in [2.45, 2.75) is 30.6 Å². The Kier molecular flexibility index (Phi) is 3.75. The minimum Gasteiger partial charge on any atom is -0.326 e. The number of nitrogens with one attached hydrogen (secondary N) is 1. The third-order valence-electron chi connectivity index (χ3n) is 3.32. The van der Waals surface area contributed by atoms with Crippen LogP contribution in [-0.2, 0) is 14.8 Å². The summed E-state index contributed by atoms with van der Waals surface area (Å²) in [5.74, 6) is 0.234. The maximum absolute atomic E-state index is 11.9. The summed E-state index contributed by atoms with van der Waals surface area (Å²) >= 11 is 1.49. The van der Waals surface area contributed by atoms with Gasteiger partial charge in [-0.3, -0.25) is 4.79 Å². The van der Waals surface area contributed by atoms with Crippen LogP contribution in [0, 0.1) is 0 Å². The van der Waals surface area contributed by atoms with Gasteiger partial charge in [-0.05, 0) is 25.0 Å². The van der Waals surface area contributed by atoms with Gasteiger partial charge in [0, 0.05) is 30.3 Å². The highest BCUT2D eigenvalue weighted by molar-refractivity contribution is 7.89. The van der Waals surface area contributed by atoms with Gasteiger partial charge >= 0.3 is 0 Å². The van der Waals surface area contributed by atoms with E-state index in [4.69, 9.17) is 5.14 Å². The summed E-state index contributed by atoms with van der Waals surface area (Å²) in [5.41, 5.74) is 0.910. The molecule has 3 N–H and O–H groups in total. The number of aromatic nitrogens is 1. The van der Waals surface area contributed by atoms with Crippen molar-refractivity contribution >= 4 is 33.0 Å². The van der Waals surface area contributed by atoms with Crippen molar-refractivity contribution in [1.29, 1.82) is 0 Å². The fourth-order valence-corrected chi connectivity index (χ4v) is 4.14. The van der Waals surface area contributed by atoms with E-state index in [2.05, 4.69) is 10.3 Å². The van der Waals surface area contributed by atoms with Crippen molar-refractivity contribution in [3.8, 4) is 10.4 Å². The Morgan fingerprint density at radius 2 is 2.14 bits per heavy atom. The number of hydrogen-bond acceptors (Lipinski definition) is 5. The Hall–Kier alpha value is -1.77. The van der Waals surface area contributed by atoms with Gasteiger partial charge in [0.05, 0.1) is 14.8 Å². The van der Waals surface area contributed by atoms with Gasteiger partial charge in [0.2, 0.25) is 15.9 Å². The number of nitrogens with zero attached hydrogens (tertiary/aromatic N) is 1. The molecule has 0 atom stereocenters. The SMILES string of the molecule is CC(=O)Nc1ccc(-c2cnc(C3CC3)s2)c(S(N)(=O)=O)c1. The van der Waals surface area contributed by atoms with Crippen LogP contribution in [0.15, 0.2) is 29.3 Å². The number of thiazole rings is 1. The van der Waals surface area contributed by atoms with Crippen LogP contribution in [0.2, 0.25) is 0 Å². The molecule has 1 aliphatic carbocycles. The monoisotopic (exact) mass is 337 g/mol. The largest absolute Gasteiger partial charge is 0.326 e. The second-order valence-electron chi connectivity index (χ2n) is 5.27. The molecule has 3 rings (SSSR count). The number of sulfonamides is 1. The molecule has 6 nitrogen and oxygen atoms in total. The van der Waals surface area contributed by atoms with Crippen molar-refractivity contribution in [2.24, 2.45) is 5.14 Å². The number of carbonyl (C=O) groups is 1. The van der Waals surface area contributed by atoms with Crippen LogP contribution in [-0.4, -0.2) is 19.3 Å². The quantitative estimate of drug-likeness (QED) is 0.893. The highest BCUT2D eigenvalue weighted by atomic mass is 32.2. The molecule has 1 fully saturated rings. The van der Waals surface area contributed by atoms with Gasteiger partial charge in [-0.25, -0.2) is 18.5 Å². The zero-order valence-corrected chi connectivity index (χ0v) is 13.5. The first-order valence-electron chi connectivity index (χ1n) is 6.75. The van der Waals surface area contributed by atoms with E-state index in [1.807, 2.05) is 0 Å². The van der Waals surface area contributed by atoms with Crippen LogP contribution in [0.4, 0.5) is 5.69 Å². The summed E-state index contributed by atoms with van der Waals surface area (Å²) in [6.07, 6.45) is 3.95. The van der Waals surface area contributed by atoms with E-state index in [0.29, 0.717) is 17.2 Å². The van der Waals surface area contributed by atoms with Gasteiger partial charge in [0.1, 0.15) is 0 Å². The Labute approximate surface area is 132 Å². The molecule has 1 amide bonds. The predicted molar refractivity (Wildman–Crippen MR) is 85.2 cm³/mol. The molecule has 0 bridgehead atoms. The molecule has 116 valence electrons. The van der Waals surface area contributed by atoms with Gasteiger partial charge in [0.25, 0.3) is 0 Å². The Morgan fingerprint density at radius 3 is 2.73 bits per heavy atom.